The minimum Gasteiger partial charge on any atom is -0.489 e. The summed E-state index contributed by atoms with van der Waals surface area (Å²) in [5, 5.41) is 6.75. The first-order chi connectivity index (χ1) is 16.4. The highest BCUT2D eigenvalue weighted by molar-refractivity contribution is 7.89. The van der Waals surface area contributed by atoms with Crippen LogP contribution >= 0.6 is 0 Å². The molecular formula is C25H29N3O5S. The van der Waals surface area contributed by atoms with Crippen LogP contribution in [-0.2, 0) is 23.2 Å². The highest BCUT2D eigenvalue weighted by Gasteiger charge is 2.28. The summed E-state index contributed by atoms with van der Waals surface area (Å²) in [6, 6.07) is 13.6. The molecule has 1 N–H and O–H groups in total. The monoisotopic (exact) mass is 483 g/mol. The Morgan fingerprint density at radius 1 is 1.06 bits per heavy atom. The fraction of sp³-hybridized carbons (Fsp3) is 0.360. The van der Waals surface area contributed by atoms with Gasteiger partial charge in [0.2, 0.25) is 10.0 Å². The largest absolute Gasteiger partial charge is 0.489 e. The van der Waals surface area contributed by atoms with Gasteiger partial charge in [0.05, 0.1) is 16.2 Å². The fourth-order valence-electron chi connectivity index (χ4n) is 3.99. The first kappa shape index (κ1) is 24.0. The van der Waals surface area contributed by atoms with Crippen LogP contribution < -0.4 is 10.1 Å². The zero-order valence-corrected chi connectivity index (χ0v) is 20.2. The molecule has 4 rings (SSSR count). The molecule has 0 radical (unpaired) electrons. The van der Waals surface area contributed by atoms with E-state index in [1.54, 1.807) is 52.8 Å². The Bertz CT molecular complexity index is 1230. The summed E-state index contributed by atoms with van der Waals surface area (Å²) in [6.45, 7) is 5.21. The van der Waals surface area contributed by atoms with Crippen molar-refractivity contribution in [1.82, 2.24) is 14.8 Å². The van der Waals surface area contributed by atoms with Gasteiger partial charge in [0.25, 0.3) is 5.91 Å². The molecule has 1 aliphatic rings. The summed E-state index contributed by atoms with van der Waals surface area (Å²) in [5.41, 5.74) is 2.72. The SMILES string of the molecule is Cc1noc(C)c1COc1ccc(C(=O)NCc2ccccc2S(=O)(=O)N2CCCCC2)cc1. The van der Waals surface area contributed by atoms with Gasteiger partial charge in [-0.05, 0) is 62.6 Å². The smallest absolute Gasteiger partial charge is 0.251 e. The molecule has 34 heavy (non-hydrogen) atoms. The Morgan fingerprint density at radius 3 is 2.44 bits per heavy atom. The van der Waals surface area contributed by atoms with Gasteiger partial charge in [-0.25, -0.2) is 8.42 Å². The number of ether oxygens (including phenoxy) is 1. The van der Waals surface area contributed by atoms with Gasteiger partial charge >= 0.3 is 0 Å². The van der Waals surface area contributed by atoms with E-state index in [-0.39, 0.29) is 17.3 Å². The molecule has 0 atom stereocenters. The Balaban J connectivity index is 1.38. The van der Waals surface area contributed by atoms with E-state index in [0.717, 1.165) is 36.3 Å². The third-order valence-electron chi connectivity index (χ3n) is 6.03. The topological polar surface area (TPSA) is 102 Å². The Morgan fingerprint density at radius 2 is 1.76 bits per heavy atom. The van der Waals surface area contributed by atoms with Gasteiger partial charge < -0.3 is 14.6 Å². The second kappa shape index (κ2) is 10.4. The highest BCUT2D eigenvalue weighted by Crippen LogP contribution is 2.24. The van der Waals surface area contributed by atoms with E-state index in [0.29, 0.717) is 36.6 Å². The third-order valence-corrected chi connectivity index (χ3v) is 8.02. The minimum absolute atomic E-state index is 0.117. The molecule has 1 aromatic heterocycles. The maximum absolute atomic E-state index is 13.1. The Labute approximate surface area is 200 Å². The lowest BCUT2D eigenvalue weighted by molar-refractivity contribution is 0.0950. The van der Waals surface area contributed by atoms with Gasteiger partial charge in [0.1, 0.15) is 18.1 Å². The molecule has 1 amide bonds. The number of hydrogen-bond acceptors (Lipinski definition) is 6. The predicted molar refractivity (Wildman–Crippen MR) is 127 cm³/mol. The van der Waals surface area contributed by atoms with E-state index in [4.69, 9.17) is 9.26 Å². The lowest BCUT2D eigenvalue weighted by Gasteiger charge is -2.26. The van der Waals surface area contributed by atoms with Gasteiger partial charge in [0.15, 0.2) is 0 Å². The van der Waals surface area contributed by atoms with Crippen molar-refractivity contribution in [2.75, 3.05) is 13.1 Å². The van der Waals surface area contributed by atoms with Crippen LogP contribution in [0.1, 0.15) is 52.2 Å². The zero-order chi connectivity index (χ0) is 24.1. The van der Waals surface area contributed by atoms with Gasteiger partial charge in [-0.1, -0.05) is 29.8 Å². The van der Waals surface area contributed by atoms with E-state index in [1.165, 1.54) is 0 Å². The number of aromatic nitrogens is 1. The molecular weight excluding hydrogens is 454 g/mol. The normalized spacial score (nSPS) is 14.6. The molecule has 2 heterocycles. The number of sulfonamides is 1. The second-order valence-corrected chi connectivity index (χ2v) is 10.3. The molecule has 9 heteroatoms. The van der Waals surface area contributed by atoms with Crippen molar-refractivity contribution in [1.29, 1.82) is 0 Å². The number of rotatable bonds is 8. The first-order valence-corrected chi connectivity index (χ1v) is 12.8. The molecule has 0 bridgehead atoms. The summed E-state index contributed by atoms with van der Waals surface area (Å²) < 4.78 is 38.7. The number of amides is 1. The number of piperidine rings is 1. The number of nitrogens with one attached hydrogen (secondary N) is 1. The van der Waals surface area contributed by atoms with Crippen molar-refractivity contribution in [3.8, 4) is 5.75 Å². The van der Waals surface area contributed by atoms with Crippen LogP contribution in [0.25, 0.3) is 0 Å². The Hall–Kier alpha value is -3.17. The lowest BCUT2D eigenvalue weighted by atomic mass is 10.2. The van der Waals surface area contributed by atoms with Crippen molar-refractivity contribution < 1.29 is 22.5 Å². The minimum atomic E-state index is -3.59. The van der Waals surface area contributed by atoms with Crippen LogP contribution in [0.5, 0.6) is 5.75 Å². The van der Waals surface area contributed by atoms with Gasteiger partial charge in [-0.15, -0.1) is 0 Å². The van der Waals surface area contributed by atoms with Gasteiger partial charge in [-0.2, -0.15) is 4.31 Å². The summed E-state index contributed by atoms with van der Waals surface area (Å²) in [6.07, 6.45) is 2.79. The van der Waals surface area contributed by atoms with Gasteiger partial charge in [-0.3, -0.25) is 4.79 Å². The van der Waals surface area contributed by atoms with E-state index < -0.39 is 10.0 Å². The van der Waals surface area contributed by atoms with Crippen LogP contribution in [-0.4, -0.2) is 36.9 Å². The number of aryl methyl sites for hydroxylation is 2. The maximum atomic E-state index is 13.1. The van der Waals surface area contributed by atoms with Crippen LogP contribution in [0.15, 0.2) is 57.9 Å². The zero-order valence-electron chi connectivity index (χ0n) is 19.4. The first-order valence-electron chi connectivity index (χ1n) is 11.4. The van der Waals surface area contributed by atoms with Gasteiger partial charge in [0, 0.05) is 25.2 Å². The molecule has 180 valence electrons. The quantitative estimate of drug-likeness (QED) is 0.520. The summed E-state index contributed by atoms with van der Waals surface area (Å²) >= 11 is 0. The standard InChI is InChI=1S/C25H29N3O5S/c1-18-23(19(2)33-27-18)17-32-22-12-10-20(11-13-22)25(29)26-16-21-8-4-5-9-24(21)34(30,31)28-14-6-3-7-15-28/h4-5,8-13H,3,6-7,14-17H2,1-2H3,(H,26,29). The molecule has 1 saturated heterocycles. The number of hydrogen-bond donors (Lipinski definition) is 1. The number of carbonyl (C=O) groups excluding carboxylic acids is 1. The summed E-state index contributed by atoms with van der Waals surface area (Å²) in [7, 11) is -3.59. The van der Waals surface area contributed by atoms with E-state index in [1.807, 2.05) is 13.8 Å². The molecule has 0 aliphatic carbocycles. The molecule has 0 spiro atoms. The van der Waals surface area contributed by atoms with E-state index in [2.05, 4.69) is 10.5 Å². The van der Waals surface area contributed by atoms with Crippen LogP contribution in [0.3, 0.4) is 0 Å². The Kier molecular flexibility index (Phi) is 7.33. The number of benzene rings is 2. The molecule has 2 aromatic carbocycles. The van der Waals surface area contributed by atoms with E-state index in [9.17, 15) is 13.2 Å². The van der Waals surface area contributed by atoms with Crippen molar-refractivity contribution in [3.63, 3.8) is 0 Å². The van der Waals surface area contributed by atoms with Crippen LogP contribution in [0.4, 0.5) is 0 Å². The van der Waals surface area contributed by atoms with Crippen molar-refractivity contribution in [2.45, 2.75) is 51.2 Å². The average molecular weight is 484 g/mol. The van der Waals surface area contributed by atoms with Crippen molar-refractivity contribution in [3.05, 3.63) is 76.7 Å². The summed E-state index contributed by atoms with van der Waals surface area (Å²) in [4.78, 5) is 12.9. The summed E-state index contributed by atoms with van der Waals surface area (Å²) in [5.74, 6) is 1.05. The predicted octanol–water partition coefficient (Wildman–Crippen LogP) is 3.98. The molecule has 8 nitrogen and oxygen atoms in total. The molecule has 3 aromatic rings. The van der Waals surface area contributed by atoms with Crippen molar-refractivity contribution >= 4 is 15.9 Å². The maximum Gasteiger partial charge on any atom is 0.251 e. The van der Waals surface area contributed by atoms with E-state index >= 15 is 0 Å². The third kappa shape index (κ3) is 5.31. The average Bonchev–Trinajstić information content (AvgIpc) is 3.19. The molecule has 1 aliphatic heterocycles. The number of nitrogens with zero attached hydrogens (tertiary/aromatic N) is 2. The van der Waals surface area contributed by atoms with Crippen LogP contribution in [0, 0.1) is 13.8 Å². The lowest BCUT2D eigenvalue weighted by Crippen LogP contribution is -2.36. The molecule has 1 fully saturated rings. The van der Waals surface area contributed by atoms with Crippen LogP contribution in [0.2, 0.25) is 0 Å². The second-order valence-electron chi connectivity index (χ2n) is 8.37. The molecule has 0 saturated carbocycles. The number of carbonyl (C=O) groups is 1. The van der Waals surface area contributed by atoms with Crippen molar-refractivity contribution in [2.24, 2.45) is 0 Å². The molecule has 0 unspecified atom stereocenters. The highest BCUT2D eigenvalue weighted by atomic mass is 32.2. The fourth-order valence-corrected chi connectivity index (χ4v) is 5.73.